The first-order chi connectivity index (χ1) is 10.8. The normalized spacial score (nSPS) is 15.4. The van der Waals surface area contributed by atoms with Gasteiger partial charge in [0.2, 0.25) is 5.95 Å². The molecule has 0 atom stereocenters. The molecule has 22 heavy (non-hydrogen) atoms. The van der Waals surface area contributed by atoms with Crippen molar-refractivity contribution in [3.63, 3.8) is 0 Å². The Morgan fingerprint density at radius 3 is 2.77 bits per heavy atom. The van der Waals surface area contributed by atoms with Crippen molar-refractivity contribution in [2.24, 2.45) is 0 Å². The smallest absolute Gasteiger partial charge is 0.223 e. The number of nitrogens with one attached hydrogen (secondary N) is 1. The maximum atomic E-state index is 5.88. The van der Waals surface area contributed by atoms with E-state index in [1.54, 1.807) is 6.20 Å². The largest absolute Gasteiger partial charge is 0.368 e. The molecular formula is C14H15N7S. The van der Waals surface area contributed by atoms with Crippen LogP contribution in [0.5, 0.6) is 0 Å². The molecule has 4 rings (SSSR count). The Kier molecular flexibility index (Phi) is 3.32. The Bertz CT molecular complexity index is 796. The number of fused-ring (bicyclic) bond motifs is 1. The molecule has 0 saturated carbocycles. The molecular weight excluding hydrogens is 298 g/mol. The first kappa shape index (κ1) is 13.4. The number of nitrogen functional groups attached to an aromatic ring is 1. The summed E-state index contributed by atoms with van der Waals surface area (Å²) in [5, 5.41) is 4.17. The molecule has 1 saturated heterocycles. The van der Waals surface area contributed by atoms with Crippen molar-refractivity contribution in [1.29, 1.82) is 0 Å². The number of aromatic nitrogens is 4. The summed E-state index contributed by atoms with van der Waals surface area (Å²) in [6.45, 7) is 3.65. The highest BCUT2D eigenvalue weighted by Crippen LogP contribution is 2.32. The van der Waals surface area contributed by atoms with Crippen LogP contribution in [0.3, 0.4) is 0 Å². The fraction of sp³-hybridized carbons (Fsp3) is 0.286. The fourth-order valence-electron chi connectivity index (χ4n) is 2.52. The minimum atomic E-state index is 0.289. The van der Waals surface area contributed by atoms with Crippen LogP contribution in [0, 0.1) is 0 Å². The van der Waals surface area contributed by atoms with Crippen molar-refractivity contribution >= 4 is 33.5 Å². The van der Waals surface area contributed by atoms with E-state index in [2.05, 4.69) is 25.2 Å². The van der Waals surface area contributed by atoms with Crippen molar-refractivity contribution in [2.75, 3.05) is 36.8 Å². The molecule has 1 aliphatic rings. The molecule has 0 aliphatic carbocycles. The van der Waals surface area contributed by atoms with Crippen molar-refractivity contribution in [2.45, 2.75) is 0 Å². The summed E-state index contributed by atoms with van der Waals surface area (Å²) in [5.74, 6) is 1.11. The summed E-state index contributed by atoms with van der Waals surface area (Å²) >= 11 is 1.50. The molecule has 1 fully saturated rings. The zero-order valence-corrected chi connectivity index (χ0v) is 12.7. The van der Waals surface area contributed by atoms with Crippen LogP contribution < -0.4 is 16.0 Å². The Hall–Kier alpha value is -2.32. The first-order valence-corrected chi connectivity index (χ1v) is 7.94. The van der Waals surface area contributed by atoms with Gasteiger partial charge in [0.1, 0.15) is 10.5 Å². The number of pyridine rings is 1. The van der Waals surface area contributed by atoms with E-state index in [1.165, 1.54) is 11.3 Å². The van der Waals surface area contributed by atoms with Crippen LogP contribution in [0.25, 0.3) is 21.0 Å². The number of hydrogen-bond donors (Lipinski definition) is 2. The van der Waals surface area contributed by atoms with Gasteiger partial charge in [-0.2, -0.15) is 4.98 Å². The van der Waals surface area contributed by atoms with Gasteiger partial charge >= 0.3 is 0 Å². The number of piperazine rings is 1. The van der Waals surface area contributed by atoms with E-state index < -0.39 is 0 Å². The number of hydrogen-bond acceptors (Lipinski definition) is 8. The van der Waals surface area contributed by atoms with Crippen LogP contribution in [0.1, 0.15) is 0 Å². The van der Waals surface area contributed by atoms with Gasteiger partial charge in [0.15, 0.2) is 10.6 Å². The van der Waals surface area contributed by atoms with E-state index in [0.717, 1.165) is 53.0 Å². The summed E-state index contributed by atoms with van der Waals surface area (Å²) in [7, 11) is 0. The highest BCUT2D eigenvalue weighted by molar-refractivity contribution is 7.21. The average Bonchev–Trinajstić information content (AvgIpc) is 2.99. The highest BCUT2D eigenvalue weighted by Gasteiger charge is 2.20. The van der Waals surface area contributed by atoms with Crippen LogP contribution in [0.2, 0.25) is 0 Å². The summed E-state index contributed by atoms with van der Waals surface area (Å²) in [4.78, 5) is 20.8. The molecule has 3 aromatic rings. The third-order valence-electron chi connectivity index (χ3n) is 3.56. The van der Waals surface area contributed by atoms with Gasteiger partial charge in [-0.3, -0.25) is 4.98 Å². The predicted octanol–water partition coefficient (Wildman–Crippen LogP) is 1.14. The van der Waals surface area contributed by atoms with Gasteiger partial charge < -0.3 is 16.0 Å². The lowest BCUT2D eigenvalue weighted by Crippen LogP contribution is -2.44. The van der Waals surface area contributed by atoms with E-state index in [4.69, 9.17) is 10.7 Å². The summed E-state index contributed by atoms with van der Waals surface area (Å²) in [6.07, 6.45) is 1.76. The van der Waals surface area contributed by atoms with Gasteiger partial charge in [0, 0.05) is 32.4 Å². The third-order valence-corrected chi connectivity index (χ3v) is 4.53. The molecule has 8 heteroatoms. The Morgan fingerprint density at radius 1 is 1.14 bits per heavy atom. The second kappa shape index (κ2) is 5.47. The predicted molar refractivity (Wildman–Crippen MR) is 87.9 cm³/mol. The maximum absolute atomic E-state index is 5.88. The third kappa shape index (κ3) is 2.36. The minimum Gasteiger partial charge on any atom is -0.368 e. The van der Waals surface area contributed by atoms with Gasteiger partial charge in [-0.15, -0.1) is 0 Å². The Morgan fingerprint density at radius 2 is 2.00 bits per heavy atom. The van der Waals surface area contributed by atoms with Crippen molar-refractivity contribution in [1.82, 2.24) is 25.3 Å². The number of thiazole rings is 1. The van der Waals surface area contributed by atoms with E-state index >= 15 is 0 Å². The summed E-state index contributed by atoms with van der Waals surface area (Å²) in [5.41, 5.74) is 7.53. The molecule has 4 heterocycles. The second-order valence-electron chi connectivity index (χ2n) is 5.03. The molecule has 3 aromatic heterocycles. The van der Waals surface area contributed by atoms with E-state index in [9.17, 15) is 0 Å². The van der Waals surface area contributed by atoms with Gasteiger partial charge in [0.05, 0.1) is 5.69 Å². The monoisotopic (exact) mass is 313 g/mol. The first-order valence-electron chi connectivity index (χ1n) is 7.12. The van der Waals surface area contributed by atoms with Crippen LogP contribution in [-0.2, 0) is 0 Å². The molecule has 0 aromatic carbocycles. The molecule has 1 aliphatic heterocycles. The highest BCUT2D eigenvalue weighted by atomic mass is 32.1. The fourth-order valence-corrected chi connectivity index (χ4v) is 3.44. The average molecular weight is 313 g/mol. The minimum absolute atomic E-state index is 0.289. The molecule has 0 spiro atoms. The summed E-state index contributed by atoms with van der Waals surface area (Å²) < 4.78 is 0. The standard InChI is InChI=1S/C14H15N7S/c15-14-19-11(21-7-5-16-6-8-21)10-13(20-14)22-12(18-10)9-3-1-2-4-17-9/h1-4,16H,5-8H2,(H2,15,19,20). The summed E-state index contributed by atoms with van der Waals surface area (Å²) in [6, 6.07) is 5.78. The van der Waals surface area contributed by atoms with Gasteiger partial charge in [-0.05, 0) is 12.1 Å². The van der Waals surface area contributed by atoms with Crippen molar-refractivity contribution in [3.8, 4) is 10.7 Å². The van der Waals surface area contributed by atoms with Gasteiger partial charge in [-0.1, -0.05) is 17.4 Å². The molecule has 3 N–H and O–H groups in total. The topological polar surface area (TPSA) is 92.8 Å². The van der Waals surface area contributed by atoms with Crippen LogP contribution >= 0.6 is 11.3 Å². The van der Waals surface area contributed by atoms with Crippen LogP contribution in [0.15, 0.2) is 24.4 Å². The molecule has 0 amide bonds. The number of nitrogens with two attached hydrogens (primary N) is 1. The zero-order valence-electron chi connectivity index (χ0n) is 11.9. The lowest BCUT2D eigenvalue weighted by Gasteiger charge is -2.28. The maximum Gasteiger partial charge on any atom is 0.223 e. The molecule has 0 unspecified atom stereocenters. The Balaban J connectivity index is 1.84. The SMILES string of the molecule is Nc1nc(N2CCNCC2)c2nc(-c3ccccn3)sc2n1. The van der Waals surface area contributed by atoms with Crippen LogP contribution in [0.4, 0.5) is 11.8 Å². The lowest BCUT2D eigenvalue weighted by molar-refractivity contribution is 0.586. The van der Waals surface area contributed by atoms with Gasteiger partial charge in [0.25, 0.3) is 0 Å². The molecule has 7 nitrogen and oxygen atoms in total. The van der Waals surface area contributed by atoms with Crippen molar-refractivity contribution in [3.05, 3.63) is 24.4 Å². The van der Waals surface area contributed by atoms with Gasteiger partial charge in [-0.25, -0.2) is 9.97 Å². The number of anilines is 2. The van der Waals surface area contributed by atoms with E-state index in [-0.39, 0.29) is 5.95 Å². The molecule has 0 radical (unpaired) electrons. The number of rotatable bonds is 2. The van der Waals surface area contributed by atoms with Crippen molar-refractivity contribution < 1.29 is 0 Å². The van der Waals surface area contributed by atoms with Crippen LogP contribution in [-0.4, -0.2) is 46.1 Å². The van der Waals surface area contributed by atoms with E-state index in [1.807, 2.05) is 18.2 Å². The quantitative estimate of drug-likeness (QED) is 0.733. The Labute approximate surface area is 131 Å². The zero-order chi connectivity index (χ0) is 14.9. The number of nitrogens with zero attached hydrogens (tertiary/aromatic N) is 5. The molecule has 0 bridgehead atoms. The second-order valence-corrected chi connectivity index (χ2v) is 6.01. The van der Waals surface area contributed by atoms with E-state index in [0.29, 0.717) is 0 Å². The molecule has 112 valence electrons. The lowest BCUT2D eigenvalue weighted by atomic mass is 10.3.